The minimum absolute atomic E-state index is 0.131. The van der Waals surface area contributed by atoms with Crippen molar-refractivity contribution in [2.45, 2.75) is 118 Å². The van der Waals surface area contributed by atoms with Gasteiger partial charge in [-0.1, -0.05) is 70.9 Å². The van der Waals surface area contributed by atoms with E-state index in [4.69, 9.17) is 4.74 Å². The van der Waals surface area contributed by atoms with Crippen molar-refractivity contribution in [3.05, 3.63) is 42.0 Å². The molecule has 7 heteroatoms. The van der Waals surface area contributed by atoms with Gasteiger partial charge in [0.15, 0.2) is 0 Å². The zero-order valence-corrected chi connectivity index (χ0v) is 25.1. The summed E-state index contributed by atoms with van der Waals surface area (Å²) in [7, 11) is 0. The number of unbranched alkanes of at least 4 members (excludes halogenated alkanes) is 3. The fourth-order valence-corrected chi connectivity index (χ4v) is 4.19. The molecule has 1 aromatic rings. The molecule has 214 valence electrons. The first-order valence-electron chi connectivity index (χ1n) is 13.9. The molecule has 0 bridgehead atoms. The maximum atomic E-state index is 14.2. The Balaban J connectivity index is 3.57. The molecule has 2 atom stereocenters. The van der Waals surface area contributed by atoms with Crippen LogP contribution in [0.1, 0.15) is 112 Å². The van der Waals surface area contributed by atoms with E-state index < -0.39 is 29.3 Å². The van der Waals surface area contributed by atoms with Crippen LogP contribution in [0.15, 0.2) is 30.8 Å². The summed E-state index contributed by atoms with van der Waals surface area (Å²) in [5.74, 6) is -0.422. The normalized spacial score (nSPS) is 13.4. The summed E-state index contributed by atoms with van der Waals surface area (Å²) in [6.07, 6.45) is 5.28. The SMILES string of the molecule is C=Cc1cccc(C(C(=O)NC(C)(C)C)N(CCCCCC)C(=O)C(CC(C)C)NC(=O)OC(C)(C)C)c1. The van der Waals surface area contributed by atoms with Gasteiger partial charge >= 0.3 is 6.09 Å². The Kier molecular flexibility index (Phi) is 13.0. The molecule has 0 heterocycles. The number of amides is 3. The maximum absolute atomic E-state index is 14.2. The largest absolute Gasteiger partial charge is 0.444 e. The first-order valence-corrected chi connectivity index (χ1v) is 13.9. The molecule has 1 aromatic carbocycles. The lowest BCUT2D eigenvalue weighted by atomic mass is 9.96. The van der Waals surface area contributed by atoms with Crippen molar-refractivity contribution < 1.29 is 19.1 Å². The highest BCUT2D eigenvalue weighted by atomic mass is 16.6. The maximum Gasteiger partial charge on any atom is 0.408 e. The molecule has 0 aliphatic carbocycles. The number of nitrogens with one attached hydrogen (secondary N) is 2. The average Bonchev–Trinajstić information content (AvgIpc) is 2.77. The fourth-order valence-electron chi connectivity index (χ4n) is 4.19. The molecule has 7 nitrogen and oxygen atoms in total. The van der Waals surface area contributed by atoms with E-state index in [2.05, 4.69) is 24.1 Å². The summed E-state index contributed by atoms with van der Waals surface area (Å²) in [4.78, 5) is 42.4. The van der Waals surface area contributed by atoms with E-state index in [1.165, 1.54) is 0 Å². The molecule has 3 amide bonds. The summed E-state index contributed by atoms with van der Waals surface area (Å²) in [5.41, 5.74) is 0.373. The van der Waals surface area contributed by atoms with Gasteiger partial charge in [0.05, 0.1) is 0 Å². The molecule has 38 heavy (non-hydrogen) atoms. The molecule has 2 unspecified atom stereocenters. The molecule has 0 spiro atoms. The van der Waals surface area contributed by atoms with Crippen LogP contribution in [0.4, 0.5) is 4.79 Å². The summed E-state index contributed by atoms with van der Waals surface area (Å²) >= 11 is 0. The number of alkyl carbamates (subject to hydrolysis) is 1. The third-order valence-electron chi connectivity index (χ3n) is 5.75. The number of nitrogens with zero attached hydrogens (tertiary/aromatic N) is 1. The average molecular weight is 530 g/mol. The van der Waals surface area contributed by atoms with Gasteiger partial charge in [-0.2, -0.15) is 0 Å². The van der Waals surface area contributed by atoms with Gasteiger partial charge in [-0.15, -0.1) is 0 Å². The minimum atomic E-state index is -0.863. The fraction of sp³-hybridized carbons (Fsp3) is 0.645. The second-order valence-corrected chi connectivity index (χ2v) is 12.4. The topological polar surface area (TPSA) is 87.7 Å². The highest BCUT2D eigenvalue weighted by Gasteiger charge is 2.37. The van der Waals surface area contributed by atoms with E-state index in [-0.39, 0.29) is 17.7 Å². The molecule has 0 fully saturated rings. The molecule has 0 aliphatic rings. The molecule has 0 saturated carbocycles. The van der Waals surface area contributed by atoms with E-state index in [9.17, 15) is 14.4 Å². The van der Waals surface area contributed by atoms with Crippen molar-refractivity contribution in [2.24, 2.45) is 5.92 Å². The predicted molar refractivity (Wildman–Crippen MR) is 156 cm³/mol. The Morgan fingerprint density at radius 3 is 2.24 bits per heavy atom. The van der Waals surface area contributed by atoms with Gasteiger partial charge in [0.2, 0.25) is 11.8 Å². The van der Waals surface area contributed by atoms with Crippen LogP contribution in [0.2, 0.25) is 0 Å². The van der Waals surface area contributed by atoms with Crippen molar-refractivity contribution in [1.29, 1.82) is 0 Å². The van der Waals surface area contributed by atoms with Crippen LogP contribution in [0.3, 0.4) is 0 Å². The second kappa shape index (κ2) is 14.9. The number of rotatable bonds is 13. The number of benzene rings is 1. The van der Waals surface area contributed by atoms with Crippen LogP contribution in [0.5, 0.6) is 0 Å². The van der Waals surface area contributed by atoms with Gasteiger partial charge in [-0.25, -0.2) is 4.79 Å². The second-order valence-electron chi connectivity index (χ2n) is 12.4. The number of carbonyl (C=O) groups is 3. The van der Waals surface area contributed by atoms with Crippen molar-refractivity contribution in [2.75, 3.05) is 6.54 Å². The molecule has 0 radical (unpaired) electrons. The highest BCUT2D eigenvalue weighted by molar-refractivity contribution is 5.92. The Morgan fingerprint density at radius 2 is 1.71 bits per heavy atom. The molecule has 0 aromatic heterocycles. The number of carbonyl (C=O) groups excluding carboxylic acids is 3. The zero-order chi connectivity index (χ0) is 29.1. The van der Waals surface area contributed by atoms with E-state index in [0.29, 0.717) is 18.5 Å². The van der Waals surface area contributed by atoms with Crippen LogP contribution in [0.25, 0.3) is 6.08 Å². The number of hydrogen-bond donors (Lipinski definition) is 2. The van der Waals surface area contributed by atoms with Crippen molar-refractivity contribution in [3.8, 4) is 0 Å². The van der Waals surface area contributed by atoms with E-state index in [0.717, 1.165) is 31.2 Å². The van der Waals surface area contributed by atoms with Crippen LogP contribution < -0.4 is 10.6 Å². The van der Waals surface area contributed by atoms with Crippen LogP contribution >= 0.6 is 0 Å². The molecule has 0 aliphatic heterocycles. The lowest BCUT2D eigenvalue weighted by Crippen LogP contribution is -2.55. The Labute approximate surface area is 230 Å². The Bertz CT molecular complexity index is 928. The molecular weight excluding hydrogens is 478 g/mol. The van der Waals surface area contributed by atoms with Gasteiger partial charge < -0.3 is 20.3 Å². The molecule has 0 saturated heterocycles. The van der Waals surface area contributed by atoms with Gasteiger partial charge in [0.25, 0.3) is 0 Å². The van der Waals surface area contributed by atoms with E-state index >= 15 is 0 Å². The molecular formula is C31H51N3O4. The van der Waals surface area contributed by atoms with Crippen LogP contribution in [-0.2, 0) is 14.3 Å². The third-order valence-corrected chi connectivity index (χ3v) is 5.75. The Hall–Kier alpha value is -2.83. The smallest absolute Gasteiger partial charge is 0.408 e. The third kappa shape index (κ3) is 12.1. The summed E-state index contributed by atoms with van der Waals surface area (Å²) in [6, 6.07) is 5.85. The minimum Gasteiger partial charge on any atom is -0.444 e. The van der Waals surface area contributed by atoms with Crippen molar-refractivity contribution >= 4 is 24.0 Å². The first kappa shape index (κ1) is 33.2. The monoisotopic (exact) mass is 529 g/mol. The van der Waals surface area contributed by atoms with E-state index in [1.807, 2.05) is 58.9 Å². The van der Waals surface area contributed by atoms with Gasteiger partial charge in [0.1, 0.15) is 17.7 Å². The van der Waals surface area contributed by atoms with Crippen molar-refractivity contribution in [1.82, 2.24) is 15.5 Å². The summed E-state index contributed by atoms with van der Waals surface area (Å²) < 4.78 is 5.47. The van der Waals surface area contributed by atoms with Crippen LogP contribution in [-0.4, -0.2) is 46.5 Å². The first-order chi connectivity index (χ1) is 17.6. The van der Waals surface area contributed by atoms with E-state index in [1.54, 1.807) is 31.7 Å². The van der Waals surface area contributed by atoms with Gasteiger partial charge in [-0.05, 0) is 77.5 Å². The predicted octanol–water partition coefficient (Wildman–Crippen LogP) is 6.63. The number of ether oxygens (including phenoxy) is 1. The van der Waals surface area contributed by atoms with Gasteiger partial charge in [-0.3, -0.25) is 9.59 Å². The van der Waals surface area contributed by atoms with Crippen molar-refractivity contribution in [3.63, 3.8) is 0 Å². The highest BCUT2D eigenvalue weighted by Crippen LogP contribution is 2.27. The quantitative estimate of drug-likeness (QED) is 0.281. The standard InChI is InChI=1S/C31H51N3O4/c1-11-13-14-15-19-34(28(36)25(20-22(3)4)32-29(37)38-31(8,9)10)26(27(35)33-30(5,6)7)24-18-16-17-23(12-2)21-24/h12,16-18,21-22,25-26H,2,11,13-15,19-20H2,1,3-10H3,(H,32,37)(H,33,35). The van der Waals surface area contributed by atoms with Crippen LogP contribution in [0, 0.1) is 5.92 Å². The lowest BCUT2D eigenvalue weighted by Gasteiger charge is -2.36. The zero-order valence-electron chi connectivity index (χ0n) is 25.1. The molecule has 2 N–H and O–H groups in total. The molecule has 1 rings (SSSR count). The Morgan fingerprint density at radius 1 is 1.05 bits per heavy atom. The van der Waals surface area contributed by atoms with Gasteiger partial charge in [0, 0.05) is 12.1 Å². The summed E-state index contributed by atoms with van der Waals surface area (Å²) in [6.45, 7) is 21.5. The number of hydrogen-bond acceptors (Lipinski definition) is 4. The summed E-state index contributed by atoms with van der Waals surface area (Å²) in [5, 5.41) is 5.88. The lowest BCUT2D eigenvalue weighted by molar-refractivity contribution is -0.143.